The molecule has 0 fully saturated rings. The van der Waals surface area contributed by atoms with Crippen LogP contribution in [-0.4, -0.2) is 12.5 Å². The predicted molar refractivity (Wildman–Crippen MR) is 153 cm³/mol. The molecule has 0 aliphatic rings. The van der Waals surface area contributed by atoms with Crippen molar-refractivity contribution in [2.24, 2.45) is 0 Å². The van der Waals surface area contributed by atoms with Crippen LogP contribution in [0.25, 0.3) is 16.8 Å². The topological polar surface area (TPSA) is 71.4 Å². The minimum Gasteiger partial charge on any atom is -0.490 e. The summed E-state index contributed by atoms with van der Waals surface area (Å²) in [4.78, 5) is 12.9. The molecular formula is C33H30N2O3. The Morgan fingerprint density at radius 3 is 2.53 bits per heavy atom. The standard InChI is InChI=1S/C33H30N2O3/c1-4-11-26-18-24(19-28(21-34)33(36)35-30-17-9-6-12-23(30)3)20-31(37-5-2)32(26)38-22-27-15-10-14-25-13-7-8-16-29(25)27/h4,6-10,12-20H,1,5,11,22H2,2-3H3,(H,35,36)/b28-19+. The number of allylic oxidation sites excluding steroid dienone is 1. The minimum absolute atomic E-state index is 0.00956. The average molecular weight is 503 g/mol. The molecule has 1 N–H and O–H groups in total. The van der Waals surface area contributed by atoms with Gasteiger partial charge in [-0.2, -0.15) is 5.26 Å². The largest absolute Gasteiger partial charge is 0.490 e. The van der Waals surface area contributed by atoms with Gasteiger partial charge in [-0.15, -0.1) is 6.58 Å². The fourth-order valence-corrected chi connectivity index (χ4v) is 4.29. The van der Waals surface area contributed by atoms with E-state index in [1.54, 1.807) is 24.3 Å². The maximum atomic E-state index is 12.9. The van der Waals surface area contributed by atoms with Gasteiger partial charge in [0.1, 0.15) is 18.2 Å². The number of nitrogens with one attached hydrogen (secondary N) is 1. The molecule has 4 aromatic carbocycles. The van der Waals surface area contributed by atoms with E-state index >= 15 is 0 Å². The normalized spacial score (nSPS) is 11.0. The van der Waals surface area contributed by atoms with Gasteiger partial charge < -0.3 is 14.8 Å². The van der Waals surface area contributed by atoms with E-state index in [9.17, 15) is 10.1 Å². The number of anilines is 1. The Kier molecular flexibility index (Phi) is 8.58. The summed E-state index contributed by atoms with van der Waals surface area (Å²) in [5.41, 5.74) is 4.16. The number of fused-ring (bicyclic) bond motifs is 1. The van der Waals surface area contributed by atoms with Crippen molar-refractivity contribution >= 4 is 28.4 Å². The van der Waals surface area contributed by atoms with Gasteiger partial charge in [0.25, 0.3) is 5.91 Å². The van der Waals surface area contributed by atoms with Crippen molar-refractivity contribution in [1.29, 1.82) is 5.26 Å². The van der Waals surface area contributed by atoms with Crippen molar-refractivity contribution in [3.63, 3.8) is 0 Å². The lowest BCUT2D eigenvalue weighted by molar-refractivity contribution is -0.112. The lowest BCUT2D eigenvalue weighted by Gasteiger charge is -2.17. The third-order valence-electron chi connectivity index (χ3n) is 6.14. The van der Waals surface area contributed by atoms with Gasteiger partial charge >= 0.3 is 0 Å². The molecule has 4 rings (SSSR count). The molecule has 0 aromatic heterocycles. The number of para-hydroxylation sites is 1. The molecule has 0 aliphatic heterocycles. The van der Waals surface area contributed by atoms with Gasteiger partial charge in [-0.05, 0) is 72.0 Å². The molecule has 0 heterocycles. The zero-order chi connectivity index (χ0) is 26.9. The van der Waals surface area contributed by atoms with Crippen LogP contribution in [0.15, 0.2) is 97.1 Å². The lowest BCUT2D eigenvalue weighted by atomic mass is 10.0. The van der Waals surface area contributed by atoms with Crippen LogP contribution in [0.3, 0.4) is 0 Å². The van der Waals surface area contributed by atoms with Gasteiger partial charge in [0.2, 0.25) is 0 Å². The first kappa shape index (κ1) is 26.2. The Morgan fingerprint density at radius 2 is 1.76 bits per heavy atom. The summed E-state index contributed by atoms with van der Waals surface area (Å²) in [6, 6.07) is 27.5. The van der Waals surface area contributed by atoms with E-state index in [1.807, 2.05) is 62.4 Å². The van der Waals surface area contributed by atoms with E-state index < -0.39 is 5.91 Å². The third kappa shape index (κ3) is 6.11. The quantitative estimate of drug-likeness (QED) is 0.139. The summed E-state index contributed by atoms with van der Waals surface area (Å²) in [5.74, 6) is 0.705. The van der Waals surface area contributed by atoms with Crippen molar-refractivity contribution in [3.8, 4) is 17.6 Å². The first-order valence-electron chi connectivity index (χ1n) is 12.5. The van der Waals surface area contributed by atoms with Gasteiger partial charge in [0.15, 0.2) is 11.5 Å². The van der Waals surface area contributed by atoms with E-state index in [2.05, 4.69) is 36.2 Å². The van der Waals surface area contributed by atoms with E-state index in [0.29, 0.717) is 42.4 Å². The van der Waals surface area contributed by atoms with Gasteiger partial charge in [0.05, 0.1) is 6.61 Å². The highest BCUT2D eigenvalue weighted by Gasteiger charge is 2.16. The Labute approximate surface area is 223 Å². The molecule has 0 radical (unpaired) electrons. The number of carbonyl (C=O) groups excluding carboxylic acids is 1. The molecule has 1 amide bonds. The summed E-state index contributed by atoms with van der Waals surface area (Å²) < 4.78 is 12.3. The second-order valence-corrected chi connectivity index (χ2v) is 8.80. The molecule has 190 valence electrons. The summed E-state index contributed by atoms with van der Waals surface area (Å²) in [7, 11) is 0. The Morgan fingerprint density at radius 1 is 1.00 bits per heavy atom. The van der Waals surface area contributed by atoms with Crippen molar-refractivity contribution in [2.75, 3.05) is 11.9 Å². The van der Waals surface area contributed by atoms with Crippen LogP contribution in [0.1, 0.15) is 29.2 Å². The maximum absolute atomic E-state index is 12.9. The molecule has 0 spiro atoms. The van der Waals surface area contributed by atoms with Crippen molar-refractivity contribution in [2.45, 2.75) is 26.9 Å². The first-order chi connectivity index (χ1) is 18.5. The highest BCUT2D eigenvalue weighted by Crippen LogP contribution is 2.36. The molecule has 5 nitrogen and oxygen atoms in total. The van der Waals surface area contributed by atoms with Crippen LogP contribution in [0.5, 0.6) is 11.5 Å². The van der Waals surface area contributed by atoms with Crippen LogP contribution >= 0.6 is 0 Å². The van der Waals surface area contributed by atoms with E-state index in [-0.39, 0.29) is 5.57 Å². The fourth-order valence-electron chi connectivity index (χ4n) is 4.29. The third-order valence-corrected chi connectivity index (χ3v) is 6.14. The van der Waals surface area contributed by atoms with Crippen LogP contribution in [0.2, 0.25) is 0 Å². The van der Waals surface area contributed by atoms with Crippen molar-refractivity contribution in [3.05, 3.63) is 119 Å². The Balaban J connectivity index is 1.67. The zero-order valence-electron chi connectivity index (χ0n) is 21.7. The number of hydrogen-bond acceptors (Lipinski definition) is 4. The molecular weight excluding hydrogens is 472 g/mol. The zero-order valence-corrected chi connectivity index (χ0v) is 21.7. The number of ether oxygens (including phenoxy) is 2. The maximum Gasteiger partial charge on any atom is 0.266 e. The van der Waals surface area contributed by atoms with Gasteiger partial charge in [-0.1, -0.05) is 66.7 Å². The van der Waals surface area contributed by atoms with Gasteiger partial charge in [0, 0.05) is 11.3 Å². The van der Waals surface area contributed by atoms with Crippen LogP contribution in [0, 0.1) is 18.3 Å². The molecule has 0 unspecified atom stereocenters. The monoisotopic (exact) mass is 502 g/mol. The number of amides is 1. The number of rotatable bonds is 10. The minimum atomic E-state index is -0.471. The van der Waals surface area contributed by atoms with Crippen LogP contribution < -0.4 is 14.8 Å². The highest BCUT2D eigenvalue weighted by atomic mass is 16.5. The fraction of sp³-hybridized carbons (Fsp3) is 0.152. The number of carbonyl (C=O) groups is 1. The molecule has 0 aliphatic carbocycles. The van der Waals surface area contributed by atoms with E-state index in [4.69, 9.17) is 9.47 Å². The van der Waals surface area contributed by atoms with Crippen molar-refractivity contribution in [1.82, 2.24) is 0 Å². The summed E-state index contributed by atoms with van der Waals surface area (Å²) >= 11 is 0. The second-order valence-electron chi connectivity index (χ2n) is 8.80. The molecule has 38 heavy (non-hydrogen) atoms. The first-order valence-corrected chi connectivity index (χ1v) is 12.5. The summed E-state index contributed by atoms with van der Waals surface area (Å²) in [6.45, 7) is 8.50. The van der Waals surface area contributed by atoms with E-state index in [0.717, 1.165) is 27.5 Å². The number of aryl methyl sites for hydroxylation is 1. The molecule has 0 saturated carbocycles. The predicted octanol–water partition coefficient (Wildman–Crippen LogP) is 7.40. The second kappa shape index (κ2) is 12.4. The molecule has 0 saturated heterocycles. The summed E-state index contributed by atoms with van der Waals surface area (Å²) in [6.07, 6.45) is 3.89. The molecule has 4 aromatic rings. The van der Waals surface area contributed by atoms with Crippen molar-refractivity contribution < 1.29 is 14.3 Å². The Hall–Kier alpha value is -4.82. The molecule has 0 bridgehead atoms. The Bertz CT molecular complexity index is 1540. The van der Waals surface area contributed by atoms with Crippen LogP contribution in [0.4, 0.5) is 5.69 Å². The lowest BCUT2D eigenvalue weighted by Crippen LogP contribution is -2.14. The number of benzene rings is 4. The SMILES string of the molecule is C=CCc1cc(/C=C(\C#N)C(=O)Nc2ccccc2C)cc(OCC)c1OCc1cccc2ccccc12. The average Bonchev–Trinajstić information content (AvgIpc) is 2.93. The van der Waals surface area contributed by atoms with Gasteiger partial charge in [-0.3, -0.25) is 4.79 Å². The van der Waals surface area contributed by atoms with Gasteiger partial charge in [-0.25, -0.2) is 0 Å². The molecule has 5 heteroatoms. The summed E-state index contributed by atoms with van der Waals surface area (Å²) in [5, 5.41) is 14.9. The number of hydrogen-bond donors (Lipinski definition) is 1. The molecule has 0 atom stereocenters. The smallest absolute Gasteiger partial charge is 0.266 e. The number of nitriles is 1. The van der Waals surface area contributed by atoms with Crippen LogP contribution in [-0.2, 0) is 17.8 Å². The highest BCUT2D eigenvalue weighted by molar-refractivity contribution is 6.10. The van der Waals surface area contributed by atoms with E-state index in [1.165, 1.54) is 0 Å². The number of nitrogens with zero attached hydrogens (tertiary/aromatic N) is 1.